The largest absolute Gasteiger partial charge is 0.493 e. The first-order chi connectivity index (χ1) is 11.6. The molecule has 0 spiro atoms. The summed E-state index contributed by atoms with van der Waals surface area (Å²) in [4.78, 5) is 14.2. The molecule has 0 atom stereocenters. The second-order valence-corrected chi connectivity index (χ2v) is 6.24. The number of hydrogen-bond acceptors (Lipinski definition) is 4. The molecule has 126 valence electrons. The molecule has 0 radical (unpaired) electrons. The number of carbonyl (C=O) groups is 1. The SMILES string of the molecule is COc1cc2c(cc1OC)CN(C(=O)C=Cc1ccc(Br)o1)CC2. The van der Waals surface area contributed by atoms with Gasteiger partial charge in [-0.25, -0.2) is 0 Å². The van der Waals surface area contributed by atoms with E-state index in [2.05, 4.69) is 15.9 Å². The molecule has 1 aromatic heterocycles. The van der Waals surface area contributed by atoms with Crippen LogP contribution in [0.2, 0.25) is 0 Å². The first-order valence-electron chi connectivity index (χ1n) is 7.57. The number of ether oxygens (including phenoxy) is 2. The van der Waals surface area contributed by atoms with E-state index in [1.54, 1.807) is 32.4 Å². The molecule has 0 N–H and O–H groups in total. The molecule has 0 unspecified atom stereocenters. The minimum absolute atomic E-state index is 0.0389. The van der Waals surface area contributed by atoms with Crippen molar-refractivity contribution in [3.05, 3.63) is 51.9 Å². The number of furan rings is 1. The number of fused-ring (bicyclic) bond motifs is 1. The van der Waals surface area contributed by atoms with Crippen molar-refractivity contribution in [2.24, 2.45) is 0 Å². The lowest BCUT2D eigenvalue weighted by atomic mass is 9.98. The number of nitrogens with zero attached hydrogens (tertiary/aromatic N) is 1. The lowest BCUT2D eigenvalue weighted by Gasteiger charge is -2.28. The Morgan fingerprint density at radius 1 is 1.21 bits per heavy atom. The third-order valence-corrected chi connectivity index (χ3v) is 4.44. The van der Waals surface area contributed by atoms with Crippen molar-refractivity contribution >= 4 is 27.9 Å². The van der Waals surface area contributed by atoms with Crippen LogP contribution in [-0.2, 0) is 17.8 Å². The molecule has 0 bridgehead atoms. The number of halogens is 1. The summed E-state index contributed by atoms with van der Waals surface area (Å²) in [5.74, 6) is 2.00. The van der Waals surface area contributed by atoms with Crippen LogP contribution in [-0.4, -0.2) is 31.6 Å². The summed E-state index contributed by atoms with van der Waals surface area (Å²) in [5.41, 5.74) is 2.28. The Hall–Kier alpha value is -2.21. The monoisotopic (exact) mass is 391 g/mol. The summed E-state index contributed by atoms with van der Waals surface area (Å²) in [6, 6.07) is 7.53. The molecule has 0 aliphatic carbocycles. The van der Waals surface area contributed by atoms with E-state index in [9.17, 15) is 4.79 Å². The van der Waals surface area contributed by atoms with Gasteiger partial charge in [-0.3, -0.25) is 4.79 Å². The first kappa shape index (κ1) is 16.6. The van der Waals surface area contributed by atoms with E-state index in [4.69, 9.17) is 13.9 Å². The lowest BCUT2D eigenvalue weighted by molar-refractivity contribution is -0.126. The van der Waals surface area contributed by atoms with Crippen LogP contribution in [0.3, 0.4) is 0 Å². The molecule has 0 saturated carbocycles. The molecule has 1 aliphatic heterocycles. The van der Waals surface area contributed by atoms with Crippen molar-refractivity contribution in [3.63, 3.8) is 0 Å². The minimum Gasteiger partial charge on any atom is -0.493 e. The second kappa shape index (κ2) is 7.13. The van der Waals surface area contributed by atoms with E-state index in [0.717, 1.165) is 17.7 Å². The van der Waals surface area contributed by atoms with Gasteiger partial charge in [-0.1, -0.05) is 0 Å². The van der Waals surface area contributed by atoms with Crippen LogP contribution in [0.15, 0.2) is 39.4 Å². The molecule has 2 heterocycles. The van der Waals surface area contributed by atoms with Gasteiger partial charge in [0.25, 0.3) is 0 Å². The topological polar surface area (TPSA) is 51.9 Å². The fourth-order valence-electron chi connectivity index (χ4n) is 2.75. The molecule has 24 heavy (non-hydrogen) atoms. The van der Waals surface area contributed by atoms with Gasteiger partial charge in [0.2, 0.25) is 5.91 Å². The third kappa shape index (κ3) is 3.48. The highest BCUT2D eigenvalue weighted by Gasteiger charge is 2.21. The Bertz CT molecular complexity index is 781. The second-order valence-electron chi connectivity index (χ2n) is 5.46. The smallest absolute Gasteiger partial charge is 0.246 e. The van der Waals surface area contributed by atoms with Crippen molar-refractivity contribution in [1.82, 2.24) is 4.90 Å². The molecule has 0 fully saturated rings. The maximum Gasteiger partial charge on any atom is 0.246 e. The van der Waals surface area contributed by atoms with Gasteiger partial charge in [-0.15, -0.1) is 0 Å². The number of carbonyl (C=O) groups excluding carboxylic acids is 1. The zero-order chi connectivity index (χ0) is 17.1. The fraction of sp³-hybridized carbons (Fsp3) is 0.278. The Morgan fingerprint density at radius 2 is 1.92 bits per heavy atom. The van der Waals surface area contributed by atoms with Gasteiger partial charge in [0.1, 0.15) is 5.76 Å². The average Bonchev–Trinajstić information content (AvgIpc) is 3.03. The van der Waals surface area contributed by atoms with E-state index in [-0.39, 0.29) is 5.91 Å². The van der Waals surface area contributed by atoms with Gasteiger partial charge in [0, 0.05) is 19.2 Å². The highest BCUT2D eigenvalue weighted by molar-refractivity contribution is 9.10. The predicted molar refractivity (Wildman–Crippen MR) is 94.1 cm³/mol. The number of rotatable bonds is 4. The van der Waals surface area contributed by atoms with Gasteiger partial charge >= 0.3 is 0 Å². The van der Waals surface area contributed by atoms with Crippen molar-refractivity contribution < 1.29 is 18.7 Å². The molecular weight excluding hydrogens is 374 g/mol. The lowest BCUT2D eigenvalue weighted by Crippen LogP contribution is -2.34. The summed E-state index contributed by atoms with van der Waals surface area (Å²) in [6.45, 7) is 1.23. The number of amides is 1. The average molecular weight is 392 g/mol. The maximum atomic E-state index is 12.4. The van der Waals surface area contributed by atoms with Gasteiger partial charge in [0.05, 0.1) is 14.2 Å². The summed E-state index contributed by atoms with van der Waals surface area (Å²) >= 11 is 3.24. The van der Waals surface area contributed by atoms with Crippen molar-refractivity contribution in [2.75, 3.05) is 20.8 Å². The van der Waals surface area contributed by atoms with Crippen LogP contribution in [0.4, 0.5) is 0 Å². The van der Waals surface area contributed by atoms with E-state index < -0.39 is 0 Å². The van der Waals surface area contributed by atoms with Crippen LogP contribution in [0.1, 0.15) is 16.9 Å². The molecule has 0 saturated heterocycles. The molecule has 6 heteroatoms. The Labute approximate surface area is 149 Å². The molecule has 3 rings (SSSR count). The first-order valence-corrected chi connectivity index (χ1v) is 8.36. The fourth-order valence-corrected chi connectivity index (χ4v) is 3.07. The van der Waals surface area contributed by atoms with Gasteiger partial charge in [0.15, 0.2) is 16.2 Å². The Morgan fingerprint density at radius 3 is 2.54 bits per heavy atom. The van der Waals surface area contributed by atoms with Gasteiger partial charge in [-0.2, -0.15) is 0 Å². The third-order valence-electron chi connectivity index (χ3n) is 4.01. The van der Waals surface area contributed by atoms with Crippen molar-refractivity contribution in [2.45, 2.75) is 13.0 Å². The molecular formula is C18H18BrNO4. The van der Waals surface area contributed by atoms with Crippen LogP contribution in [0, 0.1) is 0 Å². The molecule has 1 amide bonds. The van der Waals surface area contributed by atoms with Gasteiger partial charge in [-0.05, 0) is 63.8 Å². The molecule has 5 nitrogen and oxygen atoms in total. The number of hydrogen-bond donors (Lipinski definition) is 0. The highest BCUT2D eigenvalue weighted by Crippen LogP contribution is 2.33. The molecule has 2 aromatic rings. The quantitative estimate of drug-likeness (QED) is 0.746. The molecule has 1 aromatic carbocycles. The maximum absolute atomic E-state index is 12.4. The van der Waals surface area contributed by atoms with Crippen LogP contribution in [0.25, 0.3) is 6.08 Å². The summed E-state index contributed by atoms with van der Waals surface area (Å²) in [7, 11) is 3.24. The summed E-state index contributed by atoms with van der Waals surface area (Å²) in [5, 5.41) is 0. The van der Waals surface area contributed by atoms with Crippen molar-refractivity contribution in [3.8, 4) is 11.5 Å². The highest BCUT2D eigenvalue weighted by atomic mass is 79.9. The van der Waals surface area contributed by atoms with E-state index in [0.29, 0.717) is 29.3 Å². The van der Waals surface area contributed by atoms with E-state index >= 15 is 0 Å². The molecule has 1 aliphatic rings. The normalized spacial score (nSPS) is 13.9. The van der Waals surface area contributed by atoms with E-state index in [1.165, 1.54) is 11.6 Å². The van der Waals surface area contributed by atoms with Gasteiger partial charge < -0.3 is 18.8 Å². The minimum atomic E-state index is -0.0389. The van der Waals surface area contributed by atoms with Crippen molar-refractivity contribution in [1.29, 1.82) is 0 Å². The Balaban J connectivity index is 1.74. The van der Waals surface area contributed by atoms with Crippen LogP contribution >= 0.6 is 15.9 Å². The Kier molecular flexibility index (Phi) is 4.94. The van der Waals surface area contributed by atoms with Crippen LogP contribution < -0.4 is 9.47 Å². The summed E-state index contributed by atoms with van der Waals surface area (Å²) < 4.78 is 16.7. The summed E-state index contributed by atoms with van der Waals surface area (Å²) in [6.07, 6.45) is 4.01. The number of benzene rings is 1. The standard InChI is InChI=1S/C18H18BrNO4/c1-22-15-9-12-7-8-20(11-13(12)10-16(15)23-2)18(21)6-4-14-3-5-17(19)24-14/h3-6,9-10H,7-8,11H2,1-2H3. The van der Waals surface area contributed by atoms with E-state index in [1.807, 2.05) is 17.0 Å². The number of methoxy groups -OCH3 is 2. The predicted octanol–water partition coefficient (Wildman–Crippen LogP) is 3.66. The zero-order valence-electron chi connectivity index (χ0n) is 13.5. The zero-order valence-corrected chi connectivity index (χ0v) is 15.1. The van der Waals surface area contributed by atoms with Crippen LogP contribution in [0.5, 0.6) is 11.5 Å².